The Kier molecular flexibility index (Phi) is 4.20. The van der Waals surface area contributed by atoms with E-state index < -0.39 is 0 Å². The van der Waals surface area contributed by atoms with Crippen molar-refractivity contribution in [2.24, 2.45) is 9.98 Å². The molecule has 2 atom stereocenters. The summed E-state index contributed by atoms with van der Waals surface area (Å²) in [5.41, 5.74) is 15.8. The number of hydrogen-bond acceptors (Lipinski definition) is 9. The largest absolute Gasteiger partial charge is 0.303 e. The fourth-order valence-electron chi connectivity index (χ4n) is 3.00. The number of hydrazine groups is 2. The maximum atomic E-state index is 4.68. The van der Waals surface area contributed by atoms with Gasteiger partial charge in [-0.2, -0.15) is 0 Å². The molecule has 9 heteroatoms. The second-order valence-electron chi connectivity index (χ2n) is 6.24. The van der Waals surface area contributed by atoms with Crippen LogP contribution >= 0.6 is 0 Å². The molecule has 5 heterocycles. The van der Waals surface area contributed by atoms with E-state index in [2.05, 4.69) is 46.6 Å². The molecule has 4 N–H and O–H groups in total. The van der Waals surface area contributed by atoms with Crippen molar-refractivity contribution in [3.63, 3.8) is 0 Å². The lowest BCUT2D eigenvalue weighted by Crippen LogP contribution is -2.33. The van der Waals surface area contributed by atoms with E-state index in [9.17, 15) is 0 Å². The third-order valence-electron chi connectivity index (χ3n) is 4.38. The summed E-state index contributed by atoms with van der Waals surface area (Å²) >= 11 is 0. The highest BCUT2D eigenvalue weighted by Crippen LogP contribution is 2.18. The molecule has 3 aromatic heterocycles. The average molecular weight is 371 g/mol. The summed E-state index contributed by atoms with van der Waals surface area (Å²) in [5, 5.41) is 0. The molecular weight excluding hydrogens is 354 g/mol. The highest BCUT2D eigenvalue weighted by Gasteiger charge is 2.23. The van der Waals surface area contributed by atoms with Gasteiger partial charge < -0.3 is 10.9 Å². The van der Waals surface area contributed by atoms with E-state index in [0.717, 1.165) is 22.8 Å². The molecule has 2 aliphatic heterocycles. The van der Waals surface area contributed by atoms with Gasteiger partial charge in [-0.05, 0) is 36.4 Å². The Balaban J connectivity index is 1.39. The van der Waals surface area contributed by atoms with E-state index in [1.54, 1.807) is 18.6 Å². The summed E-state index contributed by atoms with van der Waals surface area (Å²) < 4.78 is 0. The second-order valence-corrected chi connectivity index (χ2v) is 6.24. The van der Waals surface area contributed by atoms with Crippen molar-refractivity contribution in [1.82, 2.24) is 36.7 Å². The van der Waals surface area contributed by atoms with Crippen LogP contribution in [0.25, 0.3) is 0 Å². The molecule has 0 aliphatic carbocycles. The Labute approximate surface area is 161 Å². The minimum atomic E-state index is -0.251. The maximum Gasteiger partial charge on any atom is 0.163 e. The molecule has 28 heavy (non-hydrogen) atoms. The van der Waals surface area contributed by atoms with Crippen LogP contribution in [0.4, 0.5) is 0 Å². The minimum absolute atomic E-state index is 0.232. The molecule has 2 aliphatic rings. The van der Waals surface area contributed by atoms with Crippen molar-refractivity contribution in [1.29, 1.82) is 0 Å². The first-order valence-corrected chi connectivity index (χ1v) is 8.84. The Morgan fingerprint density at radius 1 is 0.643 bits per heavy atom. The van der Waals surface area contributed by atoms with Crippen molar-refractivity contribution in [2.45, 2.75) is 12.3 Å². The molecule has 0 fully saturated rings. The Morgan fingerprint density at radius 2 is 1.29 bits per heavy atom. The maximum absolute atomic E-state index is 4.68. The third kappa shape index (κ3) is 3.20. The lowest BCUT2D eigenvalue weighted by atomic mass is 10.2. The summed E-state index contributed by atoms with van der Waals surface area (Å²) in [6.07, 6.45) is 4.76. The molecule has 5 rings (SSSR count). The van der Waals surface area contributed by atoms with Gasteiger partial charge in [0.15, 0.2) is 18.2 Å². The standard InChI is InChI=1S/C19H17N9/c1-3-8-20-13(5-1)17-23-16(25-26-17)12-7-10-22-15(11-12)19-24-18(27-28-19)14-6-2-4-9-21-14/h1-11,17-18,26-27H,(H,23,25)(H,24,28). The van der Waals surface area contributed by atoms with Crippen LogP contribution < -0.4 is 21.7 Å². The summed E-state index contributed by atoms with van der Waals surface area (Å²) in [6.45, 7) is 0. The third-order valence-corrected chi connectivity index (χ3v) is 4.38. The minimum Gasteiger partial charge on any atom is -0.303 e. The molecule has 0 amide bonds. The van der Waals surface area contributed by atoms with Crippen molar-refractivity contribution < 1.29 is 0 Å². The molecule has 0 bridgehead atoms. The van der Waals surface area contributed by atoms with Gasteiger partial charge in [-0.15, -0.1) is 0 Å². The summed E-state index contributed by atoms with van der Waals surface area (Å²) in [5.74, 6) is 1.39. The Bertz CT molecular complexity index is 953. The predicted octanol–water partition coefficient (Wildman–Crippen LogP) is 0.978. The zero-order chi connectivity index (χ0) is 18.8. The van der Waals surface area contributed by atoms with E-state index in [1.165, 1.54) is 0 Å². The van der Waals surface area contributed by atoms with Crippen LogP contribution in [0, 0.1) is 0 Å². The van der Waals surface area contributed by atoms with E-state index in [1.807, 2.05) is 48.5 Å². The van der Waals surface area contributed by atoms with Crippen molar-refractivity contribution in [3.05, 3.63) is 89.8 Å². The molecule has 0 saturated heterocycles. The zero-order valence-electron chi connectivity index (χ0n) is 14.7. The SMILES string of the molecule is c1ccc(C2N=C(c3ccnc(C4=NC(c5ccccn5)NN4)c3)NN2)nc1. The Hall–Kier alpha value is -3.69. The zero-order valence-corrected chi connectivity index (χ0v) is 14.7. The smallest absolute Gasteiger partial charge is 0.163 e. The number of amidine groups is 2. The monoisotopic (exact) mass is 371 g/mol. The van der Waals surface area contributed by atoms with Gasteiger partial charge in [0.2, 0.25) is 0 Å². The van der Waals surface area contributed by atoms with Crippen LogP contribution in [-0.2, 0) is 0 Å². The van der Waals surface area contributed by atoms with Gasteiger partial charge in [0.1, 0.15) is 11.5 Å². The van der Waals surface area contributed by atoms with Crippen LogP contribution in [0.15, 0.2) is 77.1 Å². The number of rotatable bonds is 4. The predicted molar refractivity (Wildman–Crippen MR) is 104 cm³/mol. The second kappa shape index (κ2) is 7.14. The molecule has 2 unspecified atom stereocenters. The highest BCUT2D eigenvalue weighted by molar-refractivity contribution is 6.03. The normalized spacial score (nSPS) is 20.9. The van der Waals surface area contributed by atoms with Gasteiger partial charge in [0.05, 0.1) is 11.4 Å². The number of aromatic nitrogens is 3. The highest BCUT2D eigenvalue weighted by atomic mass is 15.5. The summed E-state index contributed by atoms with van der Waals surface area (Å²) in [7, 11) is 0. The summed E-state index contributed by atoms with van der Waals surface area (Å²) in [4.78, 5) is 22.4. The molecular formula is C19H17N9. The van der Waals surface area contributed by atoms with Crippen molar-refractivity contribution >= 4 is 11.7 Å². The fraction of sp³-hybridized carbons (Fsp3) is 0.105. The molecule has 0 saturated carbocycles. The van der Waals surface area contributed by atoms with Gasteiger partial charge in [0.25, 0.3) is 0 Å². The fourth-order valence-corrected chi connectivity index (χ4v) is 3.00. The number of hydrogen-bond donors (Lipinski definition) is 4. The molecule has 3 aromatic rings. The van der Waals surface area contributed by atoms with Crippen LogP contribution in [0.2, 0.25) is 0 Å². The molecule has 0 aromatic carbocycles. The molecule has 0 radical (unpaired) electrons. The van der Waals surface area contributed by atoms with Crippen molar-refractivity contribution in [3.8, 4) is 0 Å². The first kappa shape index (κ1) is 16.5. The lowest BCUT2D eigenvalue weighted by Gasteiger charge is -2.06. The van der Waals surface area contributed by atoms with Gasteiger partial charge in [-0.1, -0.05) is 12.1 Å². The van der Waals surface area contributed by atoms with E-state index >= 15 is 0 Å². The first-order chi connectivity index (χ1) is 13.9. The van der Waals surface area contributed by atoms with Crippen LogP contribution in [0.3, 0.4) is 0 Å². The van der Waals surface area contributed by atoms with Gasteiger partial charge in [-0.3, -0.25) is 15.0 Å². The number of nitrogens with one attached hydrogen (secondary N) is 4. The topological polar surface area (TPSA) is 112 Å². The average Bonchev–Trinajstić information content (AvgIpc) is 3.46. The van der Waals surface area contributed by atoms with Gasteiger partial charge in [-0.25, -0.2) is 20.8 Å². The number of nitrogens with zero attached hydrogens (tertiary/aromatic N) is 5. The van der Waals surface area contributed by atoms with E-state index in [4.69, 9.17) is 0 Å². The van der Waals surface area contributed by atoms with Gasteiger partial charge in [0, 0.05) is 24.2 Å². The van der Waals surface area contributed by atoms with E-state index in [0.29, 0.717) is 11.5 Å². The van der Waals surface area contributed by atoms with Crippen LogP contribution in [0.1, 0.15) is 35.0 Å². The number of pyridine rings is 3. The van der Waals surface area contributed by atoms with Crippen molar-refractivity contribution in [2.75, 3.05) is 0 Å². The van der Waals surface area contributed by atoms with Crippen LogP contribution in [-0.4, -0.2) is 26.6 Å². The molecule has 9 nitrogen and oxygen atoms in total. The molecule has 138 valence electrons. The number of aliphatic imine (C=N–C) groups is 2. The lowest BCUT2D eigenvalue weighted by molar-refractivity contribution is 0.561. The quantitative estimate of drug-likeness (QED) is 0.541. The first-order valence-electron chi connectivity index (χ1n) is 8.84. The molecule has 0 spiro atoms. The van der Waals surface area contributed by atoms with E-state index in [-0.39, 0.29) is 12.3 Å². The van der Waals surface area contributed by atoms with Crippen LogP contribution in [0.5, 0.6) is 0 Å². The Morgan fingerprint density at radius 3 is 1.93 bits per heavy atom. The van der Waals surface area contributed by atoms with Gasteiger partial charge >= 0.3 is 0 Å². The summed E-state index contributed by atoms with van der Waals surface area (Å²) in [6, 6.07) is 15.3.